The first-order valence-electron chi connectivity index (χ1n) is 7.53. The predicted molar refractivity (Wildman–Crippen MR) is 76.4 cm³/mol. The Hall–Kier alpha value is -0.0800. The summed E-state index contributed by atoms with van der Waals surface area (Å²) in [4.78, 5) is 2.59. The summed E-state index contributed by atoms with van der Waals surface area (Å²) in [6.45, 7) is 14.1. The van der Waals surface area contributed by atoms with E-state index in [0.717, 1.165) is 12.0 Å². The molecule has 0 saturated carbocycles. The third-order valence-electron chi connectivity index (χ3n) is 4.23. The average molecular weight is 240 g/mol. The molecule has 2 nitrogen and oxygen atoms in total. The van der Waals surface area contributed by atoms with Crippen LogP contribution in [0.2, 0.25) is 0 Å². The smallest absolute Gasteiger partial charge is 0.00938 e. The van der Waals surface area contributed by atoms with Crippen molar-refractivity contribution in [2.24, 2.45) is 5.92 Å². The van der Waals surface area contributed by atoms with Crippen LogP contribution in [0, 0.1) is 5.92 Å². The zero-order valence-electron chi connectivity index (χ0n) is 12.5. The molecule has 2 atom stereocenters. The first-order chi connectivity index (χ1) is 8.02. The highest BCUT2D eigenvalue weighted by atomic mass is 15.2. The van der Waals surface area contributed by atoms with Gasteiger partial charge in [0.05, 0.1) is 0 Å². The van der Waals surface area contributed by atoms with Crippen molar-refractivity contribution in [3.63, 3.8) is 0 Å². The van der Waals surface area contributed by atoms with Gasteiger partial charge in [0.15, 0.2) is 0 Å². The number of likely N-dealkylation sites (tertiary alicyclic amines) is 1. The highest BCUT2D eigenvalue weighted by Gasteiger charge is 2.21. The van der Waals surface area contributed by atoms with Crippen molar-refractivity contribution >= 4 is 0 Å². The summed E-state index contributed by atoms with van der Waals surface area (Å²) in [5.41, 5.74) is 0. The minimum absolute atomic E-state index is 0.681. The Labute approximate surface area is 108 Å². The molecule has 0 spiro atoms. The number of hydrogen-bond donors (Lipinski definition) is 1. The van der Waals surface area contributed by atoms with Gasteiger partial charge >= 0.3 is 0 Å². The van der Waals surface area contributed by atoms with Crippen LogP contribution in [0.15, 0.2) is 0 Å². The first-order valence-corrected chi connectivity index (χ1v) is 7.53. The van der Waals surface area contributed by atoms with E-state index < -0.39 is 0 Å². The Morgan fingerprint density at radius 2 is 1.71 bits per heavy atom. The molecule has 17 heavy (non-hydrogen) atoms. The lowest BCUT2D eigenvalue weighted by atomic mass is 9.97. The minimum atomic E-state index is 0.681. The molecule has 0 aromatic heterocycles. The lowest BCUT2D eigenvalue weighted by Gasteiger charge is -2.36. The normalized spacial score (nSPS) is 22.9. The van der Waals surface area contributed by atoms with Crippen LogP contribution in [0.5, 0.6) is 0 Å². The third kappa shape index (κ3) is 5.39. The van der Waals surface area contributed by atoms with Crippen molar-refractivity contribution in [2.45, 2.75) is 78.4 Å². The second kappa shape index (κ2) is 7.38. The van der Waals surface area contributed by atoms with Crippen LogP contribution in [0.25, 0.3) is 0 Å². The van der Waals surface area contributed by atoms with E-state index in [1.54, 1.807) is 0 Å². The monoisotopic (exact) mass is 240 g/mol. The fraction of sp³-hybridized carbons (Fsp3) is 1.00. The van der Waals surface area contributed by atoms with Crippen LogP contribution in [0.3, 0.4) is 0 Å². The van der Waals surface area contributed by atoms with Crippen molar-refractivity contribution in [3.8, 4) is 0 Å². The fourth-order valence-corrected chi connectivity index (χ4v) is 2.82. The van der Waals surface area contributed by atoms with Gasteiger partial charge < -0.3 is 10.2 Å². The van der Waals surface area contributed by atoms with Crippen LogP contribution >= 0.6 is 0 Å². The predicted octanol–water partition coefficient (Wildman–Crippen LogP) is 3.27. The molecule has 1 saturated heterocycles. The Bertz CT molecular complexity index is 195. The molecule has 1 heterocycles. The Morgan fingerprint density at radius 3 is 2.18 bits per heavy atom. The molecular formula is C15H32N2. The summed E-state index contributed by atoms with van der Waals surface area (Å²) in [6.07, 6.45) is 5.27. The van der Waals surface area contributed by atoms with Crippen molar-refractivity contribution in [2.75, 3.05) is 13.1 Å². The van der Waals surface area contributed by atoms with E-state index in [0.29, 0.717) is 12.1 Å². The molecular weight excluding hydrogens is 208 g/mol. The van der Waals surface area contributed by atoms with Gasteiger partial charge in [0.1, 0.15) is 0 Å². The van der Waals surface area contributed by atoms with E-state index in [2.05, 4.69) is 44.8 Å². The molecule has 2 heteroatoms. The largest absolute Gasteiger partial charge is 0.311 e. The molecule has 1 aliphatic heterocycles. The Balaban J connectivity index is 2.21. The zero-order chi connectivity index (χ0) is 12.8. The summed E-state index contributed by atoms with van der Waals surface area (Å²) in [7, 11) is 0. The zero-order valence-corrected chi connectivity index (χ0v) is 12.5. The summed E-state index contributed by atoms with van der Waals surface area (Å²) in [5.74, 6) is 0.855. The number of hydrogen-bond acceptors (Lipinski definition) is 2. The molecule has 1 N–H and O–H groups in total. The molecule has 0 aromatic carbocycles. The summed E-state index contributed by atoms with van der Waals surface area (Å²) < 4.78 is 0. The van der Waals surface area contributed by atoms with Crippen LogP contribution in [0.4, 0.5) is 0 Å². The topological polar surface area (TPSA) is 15.3 Å². The van der Waals surface area contributed by atoms with Gasteiger partial charge in [0.25, 0.3) is 0 Å². The number of nitrogens with zero attached hydrogens (tertiary/aromatic N) is 1. The van der Waals surface area contributed by atoms with Crippen molar-refractivity contribution in [1.29, 1.82) is 0 Å². The second-order valence-electron chi connectivity index (χ2n) is 6.22. The van der Waals surface area contributed by atoms with Crippen LogP contribution in [-0.4, -0.2) is 36.1 Å². The average Bonchev–Trinajstić information content (AvgIpc) is 2.29. The number of nitrogens with one attached hydrogen (secondary N) is 1. The highest BCUT2D eigenvalue weighted by molar-refractivity contribution is 4.81. The highest BCUT2D eigenvalue weighted by Crippen LogP contribution is 2.15. The Morgan fingerprint density at radius 1 is 1.12 bits per heavy atom. The molecule has 0 aromatic rings. The van der Waals surface area contributed by atoms with Gasteiger partial charge in [-0.25, -0.2) is 0 Å². The molecule has 102 valence electrons. The molecule has 0 bridgehead atoms. The molecule has 2 unspecified atom stereocenters. The molecule has 1 aliphatic rings. The van der Waals surface area contributed by atoms with E-state index >= 15 is 0 Å². The molecule has 0 radical (unpaired) electrons. The van der Waals surface area contributed by atoms with Gasteiger partial charge in [-0.1, -0.05) is 20.3 Å². The summed E-state index contributed by atoms with van der Waals surface area (Å²) >= 11 is 0. The van der Waals surface area contributed by atoms with Gasteiger partial charge in [-0.2, -0.15) is 0 Å². The molecule has 0 aliphatic carbocycles. The number of piperidine rings is 1. The SMILES string of the molecule is CCC(C)CC(C)NC1CCN(C(C)C)CC1. The maximum atomic E-state index is 3.82. The van der Waals surface area contributed by atoms with E-state index in [1.165, 1.54) is 38.8 Å². The van der Waals surface area contributed by atoms with E-state index in [9.17, 15) is 0 Å². The summed E-state index contributed by atoms with van der Waals surface area (Å²) in [5, 5.41) is 3.82. The second-order valence-corrected chi connectivity index (χ2v) is 6.22. The van der Waals surface area contributed by atoms with Gasteiger partial charge in [0.2, 0.25) is 0 Å². The van der Waals surface area contributed by atoms with Crippen LogP contribution in [0.1, 0.15) is 60.3 Å². The quantitative estimate of drug-likeness (QED) is 0.766. The number of rotatable bonds is 6. The van der Waals surface area contributed by atoms with Crippen molar-refractivity contribution in [3.05, 3.63) is 0 Å². The van der Waals surface area contributed by atoms with Gasteiger partial charge in [0, 0.05) is 18.1 Å². The van der Waals surface area contributed by atoms with E-state index in [-0.39, 0.29) is 0 Å². The molecule has 1 rings (SSSR count). The van der Waals surface area contributed by atoms with E-state index in [1.807, 2.05) is 0 Å². The standard InChI is InChI=1S/C15H32N2/c1-6-13(4)11-14(5)16-15-7-9-17(10-8-15)12(2)3/h12-16H,6-11H2,1-5H3. The maximum Gasteiger partial charge on any atom is 0.00938 e. The maximum absolute atomic E-state index is 3.82. The third-order valence-corrected chi connectivity index (χ3v) is 4.23. The van der Waals surface area contributed by atoms with Crippen molar-refractivity contribution in [1.82, 2.24) is 10.2 Å². The van der Waals surface area contributed by atoms with Gasteiger partial charge in [-0.15, -0.1) is 0 Å². The minimum Gasteiger partial charge on any atom is -0.311 e. The molecule has 1 fully saturated rings. The van der Waals surface area contributed by atoms with Gasteiger partial charge in [-0.3, -0.25) is 0 Å². The first kappa shape index (κ1) is 15.0. The van der Waals surface area contributed by atoms with Crippen LogP contribution in [-0.2, 0) is 0 Å². The van der Waals surface area contributed by atoms with Crippen LogP contribution < -0.4 is 5.32 Å². The van der Waals surface area contributed by atoms with Gasteiger partial charge in [-0.05, 0) is 59.0 Å². The lowest BCUT2D eigenvalue weighted by Crippen LogP contribution is -2.47. The molecule has 0 amide bonds. The Kier molecular flexibility index (Phi) is 6.50. The van der Waals surface area contributed by atoms with E-state index in [4.69, 9.17) is 0 Å². The summed E-state index contributed by atoms with van der Waals surface area (Å²) in [6, 6.07) is 2.15. The van der Waals surface area contributed by atoms with Crippen molar-refractivity contribution < 1.29 is 0 Å². The lowest BCUT2D eigenvalue weighted by molar-refractivity contribution is 0.155. The fourth-order valence-electron chi connectivity index (χ4n) is 2.82.